The molecule has 3 aliphatic rings. The molecule has 0 aliphatic carbocycles. The van der Waals surface area contributed by atoms with Crippen LogP contribution in [-0.4, -0.2) is 99.6 Å². The second-order valence-corrected chi connectivity index (χ2v) is 10.4. The maximum Gasteiger partial charge on any atom is 0.362 e. The molecule has 0 bridgehead atoms. The summed E-state index contributed by atoms with van der Waals surface area (Å²) >= 11 is 1.09. The molecule has 3 unspecified atom stereocenters. The average Bonchev–Trinajstić information content (AvgIpc) is 3.39. The minimum Gasteiger partial charge on any atom is -0.478 e. The van der Waals surface area contributed by atoms with Crippen molar-refractivity contribution in [3.8, 4) is 6.19 Å². The highest BCUT2D eigenvalue weighted by atomic mass is 32.2. The number of carboxylic acids is 1. The van der Waals surface area contributed by atoms with E-state index in [0.717, 1.165) is 11.8 Å². The zero-order chi connectivity index (χ0) is 26.8. The number of hydrogen-bond donors (Lipinski definition) is 6. The molecule has 0 aromatic heterocycles. The molecule has 36 heavy (non-hydrogen) atoms. The first-order valence-electron chi connectivity index (χ1n) is 10.2. The van der Waals surface area contributed by atoms with E-state index in [4.69, 9.17) is 15.8 Å². The van der Waals surface area contributed by atoms with Gasteiger partial charge in [-0.2, -0.15) is 13.7 Å². The van der Waals surface area contributed by atoms with E-state index in [9.17, 15) is 32.5 Å². The summed E-state index contributed by atoms with van der Waals surface area (Å²) in [7, 11) is -4.97. The van der Waals surface area contributed by atoms with Crippen molar-refractivity contribution in [2.75, 3.05) is 19.6 Å². The monoisotopic (exact) mass is 545 g/mol. The minimum atomic E-state index is -4.97. The quantitative estimate of drug-likeness (QED) is 0.0419. The Morgan fingerprint density at radius 1 is 1.50 bits per heavy atom. The van der Waals surface area contributed by atoms with Crippen LogP contribution in [0.4, 0.5) is 0 Å². The van der Waals surface area contributed by atoms with Crippen molar-refractivity contribution < 1.29 is 37.3 Å². The number of oxime groups is 1. The molecule has 0 aromatic carbocycles. The van der Waals surface area contributed by atoms with Crippen LogP contribution in [0.3, 0.4) is 0 Å². The summed E-state index contributed by atoms with van der Waals surface area (Å²) in [4.78, 5) is 47.6. The van der Waals surface area contributed by atoms with Crippen LogP contribution < -0.4 is 21.7 Å². The fraction of sp³-hybridized carbons (Fsp3) is 0.529. The first-order valence-corrected chi connectivity index (χ1v) is 12.5. The van der Waals surface area contributed by atoms with E-state index in [1.54, 1.807) is 6.19 Å². The number of nitrogens with zero attached hydrogens (tertiary/aromatic N) is 5. The van der Waals surface area contributed by atoms with Gasteiger partial charge < -0.3 is 31.2 Å². The number of hydrogen-bond acceptors (Lipinski definition) is 14. The van der Waals surface area contributed by atoms with Gasteiger partial charge in [-0.3, -0.25) is 24.5 Å². The number of guanidine groups is 1. The van der Waals surface area contributed by atoms with E-state index in [1.165, 1.54) is 24.2 Å². The number of rotatable bonds is 9. The van der Waals surface area contributed by atoms with E-state index in [1.807, 2.05) is 0 Å². The Balaban J connectivity index is 1.85. The number of aliphatic carboxylic acids is 1. The standard InChI is InChI=1S/C17H23N9O8S2/c1-17(2,14(29)30)34-24-10(8-6-35-15(19)22-8)12(27)23-11-9(26(13(11)28)36(31,32)33)5-25-4-3-20-16(25)21-7-18/h6,9,11,15,22H,3-5,19H2,1-2H3,(H,20,21)(H,23,27)(H,29,30)(H,31,32,33)/b24-10-. The highest BCUT2D eigenvalue weighted by molar-refractivity contribution is 8.02. The fourth-order valence-corrected chi connectivity index (χ4v) is 4.83. The van der Waals surface area contributed by atoms with Crippen LogP contribution in [0, 0.1) is 11.5 Å². The van der Waals surface area contributed by atoms with Gasteiger partial charge in [0.05, 0.1) is 18.3 Å². The molecule has 7 N–H and O–H groups in total. The third kappa shape index (κ3) is 5.62. The summed E-state index contributed by atoms with van der Waals surface area (Å²) in [6.07, 6.45) is 1.69. The molecule has 1 saturated heterocycles. The number of nitrogens with two attached hydrogens (primary N) is 1. The van der Waals surface area contributed by atoms with Gasteiger partial charge in [0, 0.05) is 18.5 Å². The number of aliphatic imine (C=N–C) groups is 1. The molecule has 0 radical (unpaired) electrons. The smallest absolute Gasteiger partial charge is 0.362 e. The van der Waals surface area contributed by atoms with Gasteiger partial charge in [0.2, 0.25) is 11.6 Å². The molecule has 0 saturated carbocycles. The summed E-state index contributed by atoms with van der Waals surface area (Å²) in [6, 6.07) is -2.69. The topological polar surface area (TPSA) is 252 Å². The summed E-state index contributed by atoms with van der Waals surface area (Å²) in [5, 5.41) is 30.6. The van der Waals surface area contributed by atoms with Crippen LogP contribution in [0.25, 0.3) is 0 Å². The predicted octanol–water partition coefficient (Wildman–Crippen LogP) is -3.12. The lowest BCUT2D eigenvalue weighted by Gasteiger charge is -2.45. The van der Waals surface area contributed by atoms with E-state index >= 15 is 0 Å². The zero-order valence-electron chi connectivity index (χ0n) is 18.9. The highest BCUT2D eigenvalue weighted by Crippen LogP contribution is 2.26. The second kappa shape index (κ2) is 10.2. The largest absolute Gasteiger partial charge is 0.478 e. The number of carbonyl (C=O) groups excluding carboxylic acids is 2. The molecule has 3 atom stereocenters. The van der Waals surface area contributed by atoms with Gasteiger partial charge in [0.15, 0.2) is 11.9 Å². The summed E-state index contributed by atoms with van der Waals surface area (Å²) in [5.41, 5.74) is 2.93. The molecule has 3 aliphatic heterocycles. The van der Waals surface area contributed by atoms with Gasteiger partial charge >= 0.3 is 16.3 Å². The van der Waals surface area contributed by atoms with Gasteiger partial charge in [0.25, 0.3) is 11.8 Å². The molecule has 2 amide bonds. The molecule has 196 valence electrons. The van der Waals surface area contributed by atoms with Crippen molar-refractivity contribution in [3.63, 3.8) is 0 Å². The lowest BCUT2D eigenvalue weighted by molar-refractivity contribution is -0.161. The van der Waals surface area contributed by atoms with Gasteiger partial charge in [-0.25, -0.2) is 9.10 Å². The Morgan fingerprint density at radius 3 is 2.75 bits per heavy atom. The number of carbonyl (C=O) groups is 3. The van der Waals surface area contributed by atoms with Crippen molar-refractivity contribution in [2.24, 2.45) is 15.9 Å². The Hall–Kier alpha value is -3.60. The molecule has 0 aromatic rings. The lowest BCUT2D eigenvalue weighted by Crippen LogP contribution is -2.75. The lowest BCUT2D eigenvalue weighted by atomic mass is 9.97. The maximum absolute atomic E-state index is 13.1. The molecule has 3 rings (SSSR count). The third-order valence-corrected chi connectivity index (χ3v) is 6.92. The molecular weight excluding hydrogens is 522 g/mol. The maximum atomic E-state index is 13.1. The van der Waals surface area contributed by atoms with Crippen molar-refractivity contribution in [1.29, 1.82) is 5.26 Å². The number of nitrogens with one attached hydrogen (secondary N) is 3. The van der Waals surface area contributed by atoms with Crippen LogP contribution in [0.2, 0.25) is 0 Å². The van der Waals surface area contributed by atoms with Gasteiger partial charge in [-0.15, -0.1) is 0 Å². The Labute approximate surface area is 209 Å². The van der Waals surface area contributed by atoms with Crippen LogP contribution in [-0.2, 0) is 29.5 Å². The summed E-state index contributed by atoms with van der Waals surface area (Å²) in [5.74, 6) is -3.35. The summed E-state index contributed by atoms with van der Waals surface area (Å²) < 4.78 is 33.3. The molecule has 3 heterocycles. The molecule has 19 heteroatoms. The Morgan fingerprint density at radius 2 is 2.19 bits per heavy atom. The number of carboxylic acid groups (broad SMARTS) is 1. The van der Waals surface area contributed by atoms with E-state index in [2.05, 4.69) is 26.1 Å². The van der Waals surface area contributed by atoms with Gasteiger partial charge in [-0.05, 0) is 13.8 Å². The molecule has 0 spiro atoms. The first-order chi connectivity index (χ1) is 16.8. The van der Waals surface area contributed by atoms with E-state index in [-0.39, 0.29) is 29.1 Å². The van der Waals surface area contributed by atoms with E-state index in [0.29, 0.717) is 6.54 Å². The first kappa shape index (κ1) is 27.0. The van der Waals surface area contributed by atoms with Crippen molar-refractivity contribution in [1.82, 2.24) is 25.2 Å². The van der Waals surface area contributed by atoms with Crippen molar-refractivity contribution in [2.45, 2.75) is 37.0 Å². The van der Waals surface area contributed by atoms with Crippen LogP contribution in [0.15, 0.2) is 21.3 Å². The number of amides is 2. The number of thioether (sulfide) groups is 1. The Kier molecular flexibility index (Phi) is 7.63. The Bertz CT molecular complexity index is 1190. The van der Waals surface area contributed by atoms with Crippen molar-refractivity contribution >= 4 is 51.5 Å². The average molecular weight is 546 g/mol. The van der Waals surface area contributed by atoms with Gasteiger partial charge in [0.1, 0.15) is 11.5 Å². The molecule has 17 nitrogen and oxygen atoms in total. The minimum absolute atomic E-state index is 0.0772. The molecule has 1 fully saturated rings. The highest BCUT2D eigenvalue weighted by Gasteiger charge is 2.55. The number of β-lactam (4-membered cyclic amide) rings is 1. The van der Waals surface area contributed by atoms with Crippen LogP contribution in [0.5, 0.6) is 0 Å². The van der Waals surface area contributed by atoms with E-state index < -0.39 is 57.0 Å². The molecular formula is C17H23N9O8S2. The third-order valence-electron chi connectivity index (χ3n) is 5.19. The number of nitriles is 1. The fourth-order valence-electron chi connectivity index (χ4n) is 3.30. The van der Waals surface area contributed by atoms with Gasteiger partial charge in [-0.1, -0.05) is 16.9 Å². The predicted molar refractivity (Wildman–Crippen MR) is 124 cm³/mol. The second-order valence-electron chi connectivity index (χ2n) is 8.10. The zero-order valence-corrected chi connectivity index (χ0v) is 20.5. The van der Waals surface area contributed by atoms with Crippen LogP contribution in [0.1, 0.15) is 13.8 Å². The summed E-state index contributed by atoms with van der Waals surface area (Å²) in [6.45, 7) is 2.77. The van der Waals surface area contributed by atoms with Crippen molar-refractivity contribution in [3.05, 3.63) is 11.1 Å². The van der Waals surface area contributed by atoms with Crippen LogP contribution >= 0.6 is 11.8 Å². The SMILES string of the molecule is CC(C)(O/N=C(\C(=O)NC1C(=O)N(S(=O)(=O)O)C1CN1CCN=C1NC#N)C1=CSC(N)N1)C(=O)O. The normalized spacial score (nSPS) is 24.2.